The predicted molar refractivity (Wildman–Crippen MR) is 148 cm³/mol. The van der Waals surface area contributed by atoms with E-state index >= 15 is 0 Å². The minimum Gasteiger partial charge on any atom is -0.300 e. The first-order valence-corrected chi connectivity index (χ1v) is 14.2. The average molecular weight is 485 g/mol. The molecule has 0 radical (unpaired) electrons. The number of carbonyl (C=O) groups is 3. The van der Waals surface area contributed by atoms with Crippen molar-refractivity contribution >= 4 is 17.3 Å². The molecule has 0 heterocycles. The van der Waals surface area contributed by atoms with Gasteiger partial charge in [-0.2, -0.15) is 0 Å². The molecule has 0 bridgehead atoms. The SMILES string of the molecule is CCCC(CC1CC(=O)c2c(C)c(C)cc(C(C)C)c2C1)C(CC)C(=O)CC(C)=O.CCCCC. The Balaban J connectivity index is 0.00000111. The summed E-state index contributed by atoms with van der Waals surface area (Å²) in [7, 11) is 0. The lowest BCUT2D eigenvalue weighted by Gasteiger charge is -2.33. The highest BCUT2D eigenvalue weighted by Crippen LogP contribution is 2.39. The Morgan fingerprint density at radius 1 is 1.00 bits per heavy atom. The van der Waals surface area contributed by atoms with Crippen LogP contribution in [0.3, 0.4) is 0 Å². The van der Waals surface area contributed by atoms with Crippen LogP contribution in [-0.2, 0) is 16.0 Å². The summed E-state index contributed by atoms with van der Waals surface area (Å²) in [5.74, 6) is 1.14. The van der Waals surface area contributed by atoms with Crippen LogP contribution < -0.4 is 0 Å². The number of ketones is 3. The zero-order valence-corrected chi connectivity index (χ0v) is 24.2. The van der Waals surface area contributed by atoms with E-state index in [1.54, 1.807) is 0 Å². The second-order valence-electron chi connectivity index (χ2n) is 11.1. The number of aryl methyl sites for hydroxylation is 1. The van der Waals surface area contributed by atoms with Crippen molar-refractivity contribution in [1.29, 1.82) is 0 Å². The van der Waals surface area contributed by atoms with Gasteiger partial charge in [-0.15, -0.1) is 0 Å². The number of hydrogen-bond donors (Lipinski definition) is 0. The molecule has 0 fully saturated rings. The summed E-state index contributed by atoms with van der Waals surface area (Å²) in [5.41, 5.74) is 5.84. The normalized spacial score (nSPS) is 16.9. The fourth-order valence-electron chi connectivity index (χ4n) is 5.84. The minimum absolute atomic E-state index is 0.0428. The van der Waals surface area contributed by atoms with Crippen LogP contribution in [0.1, 0.15) is 145 Å². The Morgan fingerprint density at radius 2 is 1.63 bits per heavy atom. The summed E-state index contributed by atoms with van der Waals surface area (Å²) in [5, 5.41) is 0. The third-order valence-electron chi connectivity index (χ3n) is 7.70. The average Bonchev–Trinajstić information content (AvgIpc) is 2.77. The van der Waals surface area contributed by atoms with Crippen LogP contribution in [0, 0.1) is 31.6 Å². The molecular formula is C32H52O3. The standard InChI is InChI=1S/C27H40O3.C5H12/c1-8-10-21(22(9-2)25(29)12-18(6)28)13-20-14-24-23(16(3)4)11-17(5)19(7)27(24)26(30)15-20;1-3-5-4-2/h11,16,20-22H,8-10,12-15H2,1-7H3;3-5H2,1-2H3. The molecule has 35 heavy (non-hydrogen) atoms. The summed E-state index contributed by atoms with van der Waals surface area (Å²) in [6.07, 6.45) is 9.27. The minimum atomic E-state index is -0.0744. The molecule has 0 saturated heterocycles. The van der Waals surface area contributed by atoms with Gasteiger partial charge >= 0.3 is 0 Å². The molecule has 0 amide bonds. The van der Waals surface area contributed by atoms with Gasteiger partial charge in [0.1, 0.15) is 11.6 Å². The number of hydrogen-bond acceptors (Lipinski definition) is 3. The van der Waals surface area contributed by atoms with E-state index in [4.69, 9.17) is 0 Å². The number of unbranched alkanes of at least 4 members (excludes halogenated alkanes) is 2. The molecule has 1 aliphatic carbocycles. The maximum absolute atomic E-state index is 13.2. The summed E-state index contributed by atoms with van der Waals surface area (Å²) in [6.45, 7) is 18.7. The van der Waals surface area contributed by atoms with Crippen molar-refractivity contribution in [1.82, 2.24) is 0 Å². The number of fused-ring (bicyclic) bond motifs is 1. The number of rotatable bonds is 12. The largest absolute Gasteiger partial charge is 0.300 e. The second kappa shape index (κ2) is 15.4. The van der Waals surface area contributed by atoms with Crippen molar-refractivity contribution in [2.45, 2.75) is 132 Å². The maximum atomic E-state index is 13.2. The van der Waals surface area contributed by atoms with Crippen LogP contribution in [0.5, 0.6) is 0 Å². The third kappa shape index (κ3) is 8.99. The Kier molecular flexibility index (Phi) is 13.7. The lowest BCUT2D eigenvalue weighted by Crippen LogP contribution is -2.30. The van der Waals surface area contributed by atoms with Crippen molar-refractivity contribution in [3.8, 4) is 0 Å². The van der Waals surface area contributed by atoms with E-state index in [0.717, 1.165) is 43.2 Å². The van der Waals surface area contributed by atoms with Crippen LogP contribution in [0.25, 0.3) is 0 Å². The van der Waals surface area contributed by atoms with E-state index in [-0.39, 0.29) is 41.5 Å². The van der Waals surface area contributed by atoms with Crippen molar-refractivity contribution in [3.63, 3.8) is 0 Å². The fraction of sp³-hybridized carbons (Fsp3) is 0.719. The van der Waals surface area contributed by atoms with Gasteiger partial charge in [0.2, 0.25) is 0 Å². The first kappa shape index (κ1) is 31.3. The van der Waals surface area contributed by atoms with E-state index in [1.165, 1.54) is 42.9 Å². The summed E-state index contributed by atoms with van der Waals surface area (Å²) >= 11 is 0. The Labute approximate surface area is 215 Å². The molecule has 1 aromatic rings. The summed E-state index contributed by atoms with van der Waals surface area (Å²) in [6, 6.07) is 2.27. The Bertz CT molecular complexity index is 847. The molecule has 3 unspecified atom stereocenters. The molecule has 198 valence electrons. The van der Waals surface area contributed by atoms with Gasteiger partial charge in [0, 0.05) is 17.9 Å². The molecule has 3 nitrogen and oxygen atoms in total. The number of Topliss-reactive ketones (excluding diaryl/α,β-unsaturated/α-hetero) is 3. The molecule has 0 aliphatic heterocycles. The van der Waals surface area contributed by atoms with E-state index < -0.39 is 0 Å². The van der Waals surface area contributed by atoms with Gasteiger partial charge in [-0.25, -0.2) is 0 Å². The van der Waals surface area contributed by atoms with Crippen molar-refractivity contribution in [2.24, 2.45) is 17.8 Å². The van der Waals surface area contributed by atoms with Crippen molar-refractivity contribution in [3.05, 3.63) is 33.9 Å². The van der Waals surface area contributed by atoms with Crippen LogP contribution in [0.15, 0.2) is 6.07 Å². The van der Waals surface area contributed by atoms with E-state index in [2.05, 4.69) is 61.5 Å². The summed E-state index contributed by atoms with van der Waals surface area (Å²) < 4.78 is 0. The van der Waals surface area contributed by atoms with Crippen LogP contribution >= 0.6 is 0 Å². The molecule has 3 heteroatoms. The fourth-order valence-corrected chi connectivity index (χ4v) is 5.84. The van der Waals surface area contributed by atoms with Gasteiger partial charge in [0.15, 0.2) is 5.78 Å². The van der Waals surface area contributed by atoms with Gasteiger partial charge in [0.05, 0.1) is 6.42 Å². The maximum Gasteiger partial charge on any atom is 0.163 e. The van der Waals surface area contributed by atoms with Crippen LogP contribution in [0.4, 0.5) is 0 Å². The third-order valence-corrected chi connectivity index (χ3v) is 7.70. The zero-order chi connectivity index (χ0) is 26.7. The van der Waals surface area contributed by atoms with Crippen molar-refractivity contribution in [2.75, 3.05) is 0 Å². The molecule has 0 aromatic heterocycles. The van der Waals surface area contributed by atoms with Gasteiger partial charge < -0.3 is 0 Å². The van der Waals surface area contributed by atoms with Gasteiger partial charge in [-0.3, -0.25) is 14.4 Å². The van der Waals surface area contributed by atoms with Gasteiger partial charge in [-0.05, 0) is 80.0 Å². The number of carbonyl (C=O) groups excluding carboxylic acids is 3. The highest BCUT2D eigenvalue weighted by Gasteiger charge is 2.34. The smallest absolute Gasteiger partial charge is 0.163 e. The number of benzene rings is 1. The summed E-state index contributed by atoms with van der Waals surface area (Å²) in [4.78, 5) is 37.5. The molecule has 0 N–H and O–H groups in total. The first-order chi connectivity index (χ1) is 16.5. The van der Waals surface area contributed by atoms with E-state index in [1.807, 2.05) is 0 Å². The molecular weight excluding hydrogens is 432 g/mol. The molecule has 3 atom stereocenters. The highest BCUT2D eigenvalue weighted by atomic mass is 16.1. The Morgan fingerprint density at radius 3 is 2.09 bits per heavy atom. The zero-order valence-electron chi connectivity index (χ0n) is 24.2. The molecule has 2 rings (SSSR count). The molecule has 1 aromatic carbocycles. The molecule has 0 spiro atoms. The van der Waals surface area contributed by atoms with Gasteiger partial charge in [0.25, 0.3) is 0 Å². The quantitative estimate of drug-likeness (QED) is 0.279. The van der Waals surface area contributed by atoms with E-state index in [0.29, 0.717) is 12.3 Å². The van der Waals surface area contributed by atoms with Gasteiger partial charge in [-0.1, -0.05) is 79.7 Å². The van der Waals surface area contributed by atoms with Crippen LogP contribution in [0.2, 0.25) is 0 Å². The van der Waals surface area contributed by atoms with E-state index in [9.17, 15) is 14.4 Å². The van der Waals surface area contributed by atoms with Crippen molar-refractivity contribution < 1.29 is 14.4 Å². The first-order valence-electron chi connectivity index (χ1n) is 14.2. The molecule has 0 saturated carbocycles. The lowest BCUT2D eigenvalue weighted by molar-refractivity contribution is -0.129. The Hall–Kier alpha value is -1.77. The monoisotopic (exact) mass is 484 g/mol. The highest BCUT2D eigenvalue weighted by molar-refractivity contribution is 6.01. The predicted octanol–water partition coefficient (Wildman–Crippen LogP) is 8.75. The second-order valence-corrected chi connectivity index (χ2v) is 11.1. The lowest BCUT2D eigenvalue weighted by atomic mass is 9.70. The topological polar surface area (TPSA) is 51.2 Å². The van der Waals surface area contributed by atoms with Crippen LogP contribution in [-0.4, -0.2) is 17.3 Å². The molecule has 1 aliphatic rings.